The lowest BCUT2D eigenvalue weighted by molar-refractivity contribution is 0.763. The molecule has 12 rings (SSSR count). The highest BCUT2D eigenvalue weighted by Gasteiger charge is 2.31. The van der Waals surface area contributed by atoms with Crippen LogP contribution in [0, 0.1) is 0 Å². The third-order valence-electron chi connectivity index (χ3n) is 9.45. The molecule has 1 aliphatic rings. The fourth-order valence-electron chi connectivity index (χ4n) is 6.50. The van der Waals surface area contributed by atoms with Crippen molar-refractivity contribution in [1.29, 1.82) is 0 Å². The number of nitrogens with zero attached hydrogens (tertiary/aromatic N) is 19. The highest BCUT2D eigenvalue weighted by molar-refractivity contribution is 7.13. The molecule has 1 aliphatic carbocycles. The first-order chi connectivity index (χ1) is 31.5. The van der Waals surface area contributed by atoms with Crippen LogP contribution in [0.25, 0.3) is 56.3 Å². The van der Waals surface area contributed by atoms with Crippen molar-refractivity contribution in [2.24, 2.45) is 0 Å². The summed E-state index contributed by atoms with van der Waals surface area (Å²) in [5.41, 5.74) is 20.9. The monoisotopic (exact) mass is 886 g/mol. The topological polar surface area (TPSA) is 275 Å². The van der Waals surface area contributed by atoms with E-state index in [0.717, 1.165) is 39.7 Å². The van der Waals surface area contributed by atoms with Gasteiger partial charge in [-0.2, -0.15) is 60.5 Å². The minimum absolute atomic E-state index is 0.334. The highest BCUT2D eigenvalue weighted by atomic mass is 32.1. The summed E-state index contributed by atoms with van der Waals surface area (Å²) < 4.78 is 9.77. The quantitative estimate of drug-likeness (QED) is 0.172. The van der Waals surface area contributed by atoms with Crippen LogP contribution in [0.2, 0.25) is 0 Å². The van der Waals surface area contributed by atoms with E-state index in [1.807, 2.05) is 59.6 Å². The van der Waals surface area contributed by atoms with E-state index in [1.54, 1.807) is 120 Å². The first-order valence-electron chi connectivity index (χ1n) is 19.4. The molecule has 0 bridgehead atoms. The minimum atomic E-state index is 0.334. The second-order valence-corrected chi connectivity index (χ2v) is 15.5. The summed E-state index contributed by atoms with van der Waals surface area (Å²) >= 11 is 3.05. The average Bonchev–Trinajstić information content (AvgIpc) is 4.16. The smallest absolute Gasteiger partial charge is 0.254 e. The maximum Gasteiger partial charge on any atom is 0.254 e. The van der Waals surface area contributed by atoms with Gasteiger partial charge in [-0.15, -0.1) is 22.7 Å². The predicted molar refractivity (Wildman–Crippen MR) is 238 cm³/mol. The Kier molecular flexibility index (Phi) is 10.6. The third-order valence-corrected chi connectivity index (χ3v) is 11.1. The number of hydrogen-bond donors (Lipinski definition) is 3. The molecule has 0 unspecified atom stereocenters. The summed E-state index contributed by atoms with van der Waals surface area (Å²) in [6.07, 6.45) is 24.9. The molecule has 22 nitrogen and oxygen atoms in total. The standard InChI is InChI=1S/C14H11N7S.C13H10N8S.C13H13N7/c15-12-11(10-4-1-9-22-10)13(20-7-2-5-16-20)19-14(18-12)21-8-3-6-17-21;14-10-9(12-15-5-8-22-12)11(20-6-1-3-16-20)19-13(18-10)21-7-2-4-17-21;14-11-10(9-3-4-9)12(19-7-1-5-15-19)18-13(17-11)20-8-2-6-16-20/h1-9H,(H2,15,18,19);1-8H,(H2,14,18,19);1-2,5-9H,3-4H2,(H2,14,17,18). The van der Waals surface area contributed by atoms with Gasteiger partial charge in [0.2, 0.25) is 0 Å². The van der Waals surface area contributed by atoms with Crippen molar-refractivity contribution < 1.29 is 0 Å². The largest absolute Gasteiger partial charge is 0.383 e. The number of aromatic nitrogens is 19. The van der Waals surface area contributed by atoms with Crippen molar-refractivity contribution in [3.8, 4) is 56.3 Å². The lowest BCUT2D eigenvalue weighted by Crippen LogP contribution is -2.13. The van der Waals surface area contributed by atoms with Gasteiger partial charge in [-0.3, -0.25) is 0 Å². The van der Waals surface area contributed by atoms with Gasteiger partial charge in [0.05, 0.1) is 11.1 Å². The van der Waals surface area contributed by atoms with Crippen LogP contribution in [0.15, 0.2) is 140 Å². The van der Waals surface area contributed by atoms with Crippen LogP contribution >= 0.6 is 22.7 Å². The molecule has 11 heterocycles. The van der Waals surface area contributed by atoms with E-state index in [1.165, 1.54) is 11.3 Å². The molecule has 0 aromatic carbocycles. The Bertz CT molecular complexity index is 3020. The Labute approximate surface area is 370 Å². The first kappa shape index (κ1) is 39.4. The van der Waals surface area contributed by atoms with Crippen LogP contribution in [-0.2, 0) is 0 Å². The Morgan fingerprint density at radius 3 is 1.30 bits per heavy atom. The van der Waals surface area contributed by atoms with Crippen molar-refractivity contribution in [3.05, 3.63) is 145 Å². The summed E-state index contributed by atoms with van der Waals surface area (Å²) in [6, 6.07) is 14.9. The zero-order valence-corrected chi connectivity index (χ0v) is 34.9. The average molecular weight is 887 g/mol. The Balaban J connectivity index is 0.000000114. The molecule has 316 valence electrons. The van der Waals surface area contributed by atoms with Gasteiger partial charge in [-0.05, 0) is 66.6 Å². The molecule has 24 heteroatoms. The molecular formula is C40H34N22S2. The number of hydrogen-bond acceptors (Lipinski definition) is 18. The fraction of sp³-hybridized carbons (Fsp3) is 0.0750. The molecule has 11 aromatic rings. The Morgan fingerprint density at radius 1 is 0.438 bits per heavy atom. The molecule has 1 saturated carbocycles. The van der Waals surface area contributed by atoms with Crippen molar-refractivity contribution >= 4 is 40.1 Å². The molecule has 11 aromatic heterocycles. The van der Waals surface area contributed by atoms with E-state index in [9.17, 15) is 0 Å². The lowest BCUT2D eigenvalue weighted by Gasteiger charge is -2.12. The van der Waals surface area contributed by atoms with Crippen molar-refractivity contribution in [3.63, 3.8) is 0 Å². The van der Waals surface area contributed by atoms with E-state index < -0.39 is 0 Å². The van der Waals surface area contributed by atoms with E-state index in [2.05, 4.69) is 65.5 Å². The van der Waals surface area contributed by atoms with Crippen LogP contribution in [-0.4, -0.2) is 93.6 Å². The molecule has 0 aliphatic heterocycles. The number of thiophene rings is 1. The van der Waals surface area contributed by atoms with Crippen molar-refractivity contribution in [1.82, 2.24) is 93.6 Å². The first-order valence-corrected chi connectivity index (χ1v) is 21.2. The summed E-state index contributed by atoms with van der Waals surface area (Å²) in [6.45, 7) is 0. The summed E-state index contributed by atoms with van der Waals surface area (Å²) in [5.74, 6) is 4.89. The maximum absolute atomic E-state index is 6.20. The van der Waals surface area contributed by atoms with Gasteiger partial charge >= 0.3 is 0 Å². The molecule has 0 amide bonds. The number of nitrogens with two attached hydrogens (primary N) is 3. The summed E-state index contributed by atoms with van der Waals surface area (Å²) in [5, 5.41) is 29.8. The normalized spacial score (nSPS) is 12.1. The molecule has 0 radical (unpaired) electrons. The van der Waals surface area contributed by atoms with Gasteiger partial charge in [0.25, 0.3) is 17.8 Å². The molecule has 1 fully saturated rings. The zero-order valence-electron chi connectivity index (χ0n) is 33.3. The van der Waals surface area contributed by atoms with Gasteiger partial charge in [-0.1, -0.05) is 6.07 Å². The molecular weight excluding hydrogens is 853 g/mol. The Hall–Kier alpha value is -8.77. The van der Waals surface area contributed by atoms with Gasteiger partial charge in [-0.25, -0.2) is 33.1 Å². The van der Waals surface area contributed by atoms with Gasteiger partial charge in [0.1, 0.15) is 22.5 Å². The number of anilines is 3. The molecule has 6 N–H and O–H groups in total. The van der Waals surface area contributed by atoms with Crippen molar-refractivity contribution in [2.75, 3.05) is 17.2 Å². The number of thiazole rings is 1. The highest BCUT2D eigenvalue weighted by Crippen LogP contribution is 2.44. The van der Waals surface area contributed by atoms with Crippen LogP contribution < -0.4 is 17.2 Å². The molecule has 0 spiro atoms. The maximum atomic E-state index is 6.20. The molecule has 0 atom stereocenters. The third kappa shape index (κ3) is 8.06. The lowest BCUT2D eigenvalue weighted by atomic mass is 10.2. The van der Waals surface area contributed by atoms with E-state index in [0.29, 0.717) is 58.4 Å². The van der Waals surface area contributed by atoms with E-state index in [4.69, 9.17) is 17.2 Å². The zero-order chi connectivity index (χ0) is 43.4. The molecule has 64 heavy (non-hydrogen) atoms. The van der Waals surface area contributed by atoms with Crippen LogP contribution in [0.5, 0.6) is 0 Å². The van der Waals surface area contributed by atoms with Crippen molar-refractivity contribution in [2.45, 2.75) is 18.8 Å². The summed E-state index contributed by atoms with van der Waals surface area (Å²) in [4.78, 5) is 32.1. The van der Waals surface area contributed by atoms with E-state index in [-0.39, 0.29) is 0 Å². The van der Waals surface area contributed by atoms with Crippen LogP contribution in [0.1, 0.15) is 24.3 Å². The van der Waals surface area contributed by atoms with Crippen LogP contribution in [0.4, 0.5) is 17.5 Å². The SMILES string of the molecule is Nc1nc(-n2cccn2)nc(-n2cccn2)c1-c1cccs1.Nc1nc(-n2cccn2)nc(-n2cccn2)c1-c1nccs1.Nc1nc(-n2cccn2)nc(-n2cccn2)c1C1CC1. The van der Waals surface area contributed by atoms with Gasteiger partial charge < -0.3 is 17.2 Å². The van der Waals surface area contributed by atoms with Crippen LogP contribution in [0.3, 0.4) is 0 Å². The number of rotatable bonds is 9. The van der Waals surface area contributed by atoms with Gasteiger partial charge in [0, 0.05) is 96.4 Å². The number of nitrogen functional groups attached to an aromatic ring is 3. The second kappa shape index (κ2) is 17.3. The fourth-order valence-corrected chi connectivity index (χ4v) is 7.96. The second-order valence-electron chi connectivity index (χ2n) is 13.7. The van der Waals surface area contributed by atoms with E-state index >= 15 is 0 Å². The summed E-state index contributed by atoms with van der Waals surface area (Å²) in [7, 11) is 0. The minimum Gasteiger partial charge on any atom is -0.383 e. The Morgan fingerprint density at radius 2 is 0.875 bits per heavy atom. The van der Waals surface area contributed by atoms with Gasteiger partial charge in [0.15, 0.2) is 17.5 Å². The molecule has 0 saturated heterocycles. The predicted octanol–water partition coefficient (Wildman–Crippen LogP) is 5.02.